The van der Waals surface area contributed by atoms with Gasteiger partial charge >= 0.3 is 0 Å². The minimum Gasteiger partial charge on any atom is -0.329 e. The molecule has 1 N–H and O–H groups in total. The third kappa shape index (κ3) is 6.64. The summed E-state index contributed by atoms with van der Waals surface area (Å²) in [6.07, 6.45) is 12.5. The Balaban J connectivity index is 2.10. The fourth-order valence-corrected chi connectivity index (χ4v) is 4.17. The molecule has 3 heteroatoms. The molecule has 0 bridgehead atoms. The number of benzene rings is 1. The molecular weight excluding hydrogens is 330 g/mol. The van der Waals surface area contributed by atoms with Crippen LogP contribution in [0.3, 0.4) is 0 Å². The monoisotopic (exact) mass is 371 g/mol. The second kappa shape index (κ2) is 12.2. The summed E-state index contributed by atoms with van der Waals surface area (Å²) in [4.78, 5) is 4.61. The molecule has 0 fully saturated rings. The van der Waals surface area contributed by atoms with Crippen LogP contribution < -0.4 is 5.32 Å². The van der Waals surface area contributed by atoms with Crippen LogP contribution in [0.25, 0.3) is 11.0 Å². The summed E-state index contributed by atoms with van der Waals surface area (Å²) in [5.74, 6) is 1.53. The maximum atomic E-state index is 4.61. The lowest BCUT2D eigenvalue weighted by atomic mass is 9.90. The van der Waals surface area contributed by atoms with Crippen LogP contribution >= 0.6 is 0 Å². The van der Waals surface area contributed by atoms with Gasteiger partial charge in [-0.1, -0.05) is 78.4 Å². The van der Waals surface area contributed by atoms with Crippen molar-refractivity contribution in [1.29, 1.82) is 0 Å². The van der Waals surface area contributed by atoms with E-state index in [2.05, 4.69) is 66.8 Å². The van der Waals surface area contributed by atoms with Gasteiger partial charge in [-0.05, 0) is 43.4 Å². The first kappa shape index (κ1) is 21.9. The molecule has 3 nitrogen and oxygen atoms in total. The topological polar surface area (TPSA) is 29.9 Å². The Morgan fingerprint density at radius 3 is 2.41 bits per heavy atom. The maximum absolute atomic E-state index is 4.61. The SMILES string of the molecule is CCCCC(CC)CNC(Cn1cnc2ccccc21)C(CC)CCCC. The number of para-hydroxylation sites is 2. The molecule has 0 amide bonds. The lowest BCUT2D eigenvalue weighted by Crippen LogP contribution is -2.42. The first-order valence-electron chi connectivity index (χ1n) is 11.4. The van der Waals surface area contributed by atoms with Gasteiger partial charge in [-0.25, -0.2) is 4.98 Å². The first-order valence-corrected chi connectivity index (χ1v) is 11.4. The Hall–Kier alpha value is -1.35. The summed E-state index contributed by atoms with van der Waals surface area (Å²) in [6.45, 7) is 11.5. The molecule has 0 aliphatic rings. The summed E-state index contributed by atoms with van der Waals surface area (Å²) < 4.78 is 2.36. The van der Waals surface area contributed by atoms with Crippen molar-refractivity contribution in [3.63, 3.8) is 0 Å². The van der Waals surface area contributed by atoms with Gasteiger partial charge in [0.05, 0.1) is 17.4 Å². The number of hydrogen-bond acceptors (Lipinski definition) is 2. The first-order chi connectivity index (χ1) is 13.2. The second-order valence-corrected chi connectivity index (χ2v) is 8.13. The lowest BCUT2D eigenvalue weighted by molar-refractivity contribution is 0.270. The van der Waals surface area contributed by atoms with Crippen LogP contribution in [0.5, 0.6) is 0 Å². The van der Waals surface area contributed by atoms with E-state index in [1.165, 1.54) is 56.9 Å². The van der Waals surface area contributed by atoms with E-state index >= 15 is 0 Å². The zero-order chi connectivity index (χ0) is 19.5. The molecule has 2 aromatic rings. The predicted octanol–water partition coefficient (Wildman–Crippen LogP) is 6.43. The highest BCUT2D eigenvalue weighted by molar-refractivity contribution is 5.74. The molecule has 1 aromatic heterocycles. The number of hydrogen-bond donors (Lipinski definition) is 1. The van der Waals surface area contributed by atoms with Crippen molar-refractivity contribution in [2.45, 2.75) is 91.6 Å². The highest BCUT2D eigenvalue weighted by Crippen LogP contribution is 2.22. The van der Waals surface area contributed by atoms with Gasteiger partial charge in [0.1, 0.15) is 0 Å². The molecule has 0 aliphatic heterocycles. The number of rotatable bonds is 14. The van der Waals surface area contributed by atoms with Gasteiger partial charge in [-0.3, -0.25) is 0 Å². The van der Waals surface area contributed by atoms with Gasteiger partial charge in [0.25, 0.3) is 0 Å². The smallest absolute Gasteiger partial charge is 0.0958 e. The normalized spacial score (nSPS) is 15.1. The van der Waals surface area contributed by atoms with Crippen LogP contribution in [0.4, 0.5) is 0 Å². The van der Waals surface area contributed by atoms with Crippen LogP contribution in [-0.4, -0.2) is 22.1 Å². The second-order valence-electron chi connectivity index (χ2n) is 8.13. The van der Waals surface area contributed by atoms with Crippen LogP contribution in [0.15, 0.2) is 30.6 Å². The van der Waals surface area contributed by atoms with Crippen LogP contribution in [0, 0.1) is 11.8 Å². The molecule has 1 heterocycles. The van der Waals surface area contributed by atoms with Crippen molar-refractivity contribution >= 4 is 11.0 Å². The van der Waals surface area contributed by atoms with Crippen molar-refractivity contribution in [2.75, 3.05) is 6.54 Å². The zero-order valence-electron chi connectivity index (χ0n) is 18.1. The number of nitrogens with zero attached hydrogens (tertiary/aromatic N) is 2. The van der Waals surface area contributed by atoms with Gasteiger partial charge < -0.3 is 9.88 Å². The third-order valence-corrected chi connectivity index (χ3v) is 6.15. The molecule has 152 valence electrons. The van der Waals surface area contributed by atoms with Gasteiger partial charge in [0.2, 0.25) is 0 Å². The fraction of sp³-hybridized carbons (Fsp3) is 0.708. The van der Waals surface area contributed by atoms with Crippen LogP contribution in [0.1, 0.15) is 79.1 Å². The molecule has 0 spiro atoms. The summed E-state index contributed by atoms with van der Waals surface area (Å²) in [6, 6.07) is 9.03. The number of aromatic nitrogens is 2. The third-order valence-electron chi connectivity index (χ3n) is 6.15. The van der Waals surface area contributed by atoms with E-state index in [1.54, 1.807) is 0 Å². The lowest BCUT2D eigenvalue weighted by Gasteiger charge is -2.30. The molecule has 1 aromatic carbocycles. The Labute approximate surface area is 167 Å². The van der Waals surface area contributed by atoms with Crippen molar-refractivity contribution in [3.05, 3.63) is 30.6 Å². The van der Waals surface area contributed by atoms with Gasteiger partial charge in [0, 0.05) is 12.6 Å². The Kier molecular flexibility index (Phi) is 9.90. The molecule has 2 rings (SSSR count). The number of nitrogens with one attached hydrogen (secondary N) is 1. The standard InChI is InChI=1S/C24H41N3/c1-5-9-13-20(7-3)17-25-23(21(8-4)14-10-6-2)18-27-19-26-22-15-11-12-16-24(22)27/h11-12,15-16,19-21,23,25H,5-10,13-14,17-18H2,1-4H3. The maximum Gasteiger partial charge on any atom is 0.0958 e. The van der Waals surface area contributed by atoms with Crippen molar-refractivity contribution in [1.82, 2.24) is 14.9 Å². The van der Waals surface area contributed by atoms with Crippen LogP contribution in [-0.2, 0) is 6.54 Å². The van der Waals surface area contributed by atoms with Gasteiger partial charge in [0.15, 0.2) is 0 Å². The number of fused-ring (bicyclic) bond motifs is 1. The van der Waals surface area contributed by atoms with E-state index in [0.29, 0.717) is 6.04 Å². The van der Waals surface area contributed by atoms with E-state index in [0.717, 1.165) is 30.4 Å². The molecule has 0 radical (unpaired) electrons. The number of unbranched alkanes of at least 4 members (excludes halogenated alkanes) is 2. The van der Waals surface area contributed by atoms with E-state index in [9.17, 15) is 0 Å². The highest BCUT2D eigenvalue weighted by Gasteiger charge is 2.21. The van der Waals surface area contributed by atoms with Crippen molar-refractivity contribution < 1.29 is 0 Å². The highest BCUT2D eigenvalue weighted by atomic mass is 15.1. The predicted molar refractivity (Wildman–Crippen MR) is 118 cm³/mol. The Bertz CT molecular complexity index is 633. The van der Waals surface area contributed by atoms with Crippen molar-refractivity contribution in [3.8, 4) is 0 Å². The molecule has 0 saturated carbocycles. The molecule has 27 heavy (non-hydrogen) atoms. The Morgan fingerprint density at radius 1 is 0.963 bits per heavy atom. The minimum atomic E-state index is 0.523. The zero-order valence-corrected chi connectivity index (χ0v) is 18.1. The molecule has 0 saturated heterocycles. The van der Waals surface area contributed by atoms with Gasteiger partial charge in [-0.15, -0.1) is 0 Å². The Morgan fingerprint density at radius 2 is 1.70 bits per heavy atom. The largest absolute Gasteiger partial charge is 0.329 e. The average molecular weight is 372 g/mol. The average Bonchev–Trinajstić information content (AvgIpc) is 3.11. The summed E-state index contributed by atoms with van der Waals surface area (Å²) in [7, 11) is 0. The van der Waals surface area contributed by atoms with Gasteiger partial charge in [-0.2, -0.15) is 0 Å². The summed E-state index contributed by atoms with van der Waals surface area (Å²) in [5.41, 5.74) is 2.36. The molecule has 0 aliphatic carbocycles. The summed E-state index contributed by atoms with van der Waals surface area (Å²) >= 11 is 0. The fourth-order valence-electron chi connectivity index (χ4n) is 4.17. The number of imidazole rings is 1. The van der Waals surface area contributed by atoms with Crippen molar-refractivity contribution in [2.24, 2.45) is 11.8 Å². The quantitative estimate of drug-likeness (QED) is 0.415. The van der Waals surface area contributed by atoms with E-state index < -0.39 is 0 Å². The van der Waals surface area contributed by atoms with E-state index in [-0.39, 0.29) is 0 Å². The van der Waals surface area contributed by atoms with Crippen LogP contribution in [0.2, 0.25) is 0 Å². The van der Waals surface area contributed by atoms with E-state index in [1.807, 2.05) is 6.33 Å². The minimum absolute atomic E-state index is 0.523. The summed E-state index contributed by atoms with van der Waals surface area (Å²) in [5, 5.41) is 3.99. The van der Waals surface area contributed by atoms with E-state index in [4.69, 9.17) is 0 Å². The molecule has 3 atom stereocenters. The molecular formula is C24H41N3. The molecule has 3 unspecified atom stereocenters.